The number of hydrogen-bond acceptors (Lipinski definition) is 14. The molecule has 0 aromatic rings. The Bertz CT molecular complexity index is 1500. The molecule has 0 bridgehead atoms. The summed E-state index contributed by atoms with van der Waals surface area (Å²) < 4.78 is 23.0. The van der Waals surface area contributed by atoms with E-state index in [1.807, 2.05) is 0 Å². The molecule has 0 radical (unpaired) electrons. The molecular formula is C42H68O14. The molecule has 320 valence electrons. The van der Waals surface area contributed by atoms with Crippen LogP contribution in [0.2, 0.25) is 0 Å². The van der Waals surface area contributed by atoms with E-state index in [1.54, 1.807) is 0 Å². The maximum atomic E-state index is 14.8. The Balaban J connectivity index is 1.13. The monoisotopic (exact) mass is 796 g/mol. The number of esters is 1. The molecule has 0 aromatic carbocycles. The molecule has 4 saturated carbocycles. The number of fused-ring (bicyclic) bond motifs is 7. The zero-order valence-corrected chi connectivity index (χ0v) is 33.9. The number of hydrogen-bond donors (Lipinski definition) is 9. The Morgan fingerprint density at radius 2 is 1.36 bits per heavy atom. The van der Waals surface area contributed by atoms with Gasteiger partial charge in [0.25, 0.3) is 0 Å². The lowest BCUT2D eigenvalue weighted by atomic mass is 9.33. The number of aliphatic hydroxyl groups is 9. The maximum absolute atomic E-state index is 14.8. The van der Waals surface area contributed by atoms with Gasteiger partial charge in [-0.25, -0.2) is 0 Å². The number of carbonyl (C=O) groups excluding carboxylic acids is 1. The Hall–Kier alpha value is -1.27. The summed E-state index contributed by atoms with van der Waals surface area (Å²) >= 11 is 0. The lowest BCUT2D eigenvalue weighted by Gasteiger charge is -2.71. The first kappa shape index (κ1) is 42.8. The van der Waals surface area contributed by atoms with E-state index in [2.05, 4.69) is 47.6 Å². The van der Waals surface area contributed by atoms with Gasteiger partial charge in [0.2, 0.25) is 6.29 Å². The van der Waals surface area contributed by atoms with Gasteiger partial charge in [-0.3, -0.25) is 4.79 Å². The van der Waals surface area contributed by atoms with Crippen LogP contribution in [0.3, 0.4) is 0 Å². The second-order valence-corrected chi connectivity index (χ2v) is 20.5. The van der Waals surface area contributed by atoms with E-state index in [9.17, 15) is 50.8 Å². The van der Waals surface area contributed by atoms with Crippen LogP contribution in [0.25, 0.3) is 0 Å². The number of carbonyl (C=O) groups is 1. The smallest absolute Gasteiger partial charge is 0.315 e. The van der Waals surface area contributed by atoms with E-state index in [4.69, 9.17) is 18.9 Å². The molecule has 2 aliphatic heterocycles. The van der Waals surface area contributed by atoms with E-state index in [0.717, 1.165) is 44.9 Å². The van der Waals surface area contributed by atoms with E-state index < -0.39 is 97.5 Å². The highest BCUT2D eigenvalue weighted by molar-refractivity contribution is 5.79. The van der Waals surface area contributed by atoms with Crippen molar-refractivity contribution in [1.82, 2.24) is 0 Å². The molecule has 0 amide bonds. The molecule has 0 aromatic heterocycles. The van der Waals surface area contributed by atoms with Gasteiger partial charge >= 0.3 is 5.97 Å². The molecule has 0 spiro atoms. The topological polar surface area (TPSA) is 236 Å². The molecule has 14 nitrogen and oxygen atoms in total. The Morgan fingerprint density at radius 3 is 2.02 bits per heavy atom. The summed E-state index contributed by atoms with van der Waals surface area (Å²) in [5.41, 5.74) is -0.606. The lowest BCUT2D eigenvalue weighted by molar-refractivity contribution is -0.328. The van der Waals surface area contributed by atoms with E-state index >= 15 is 0 Å². The molecule has 2 heterocycles. The SMILES string of the molecule is CC1(C)CC[C@]2(C(=O)O[C@@H]3O[C@H](CO[C@@H]4O[C@H](CO)[C@@H](O)[C@H](O)[C@H]4O)[C@@H](O)[C@H](O)[C@H]3O)CC[C@@]3(C)C(=CC[C@@H]4[C@@]5(C)CC[C@H](O)[C@@](C)(CO)[C@@H]5CC[C@]43C)[C@@H]2C1. The van der Waals surface area contributed by atoms with Gasteiger partial charge in [0.15, 0.2) is 6.29 Å². The van der Waals surface area contributed by atoms with Crippen molar-refractivity contribution in [3.05, 3.63) is 11.6 Å². The predicted octanol–water partition coefficient (Wildman–Crippen LogP) is 1.29. The largest absolute Gasteiger partial charge is 0.432 e. The quantitative estimate of drug-likeness (QED) is 0.131. The van der Waals surface area contributed by atoms with Crippen molar-refractivity contribution in [3.63, 3.8) is 0 Å². The molecule has 7 aliphatic rings. The fraction of sp³-hybridized carbons (Fsp3) is 0.929. The first-order chi connectivity index (χ1) is 26.1. The van der Waals surface area contributed by atoms with Crippen molar-refractivity contribution in [2.24, 2.45) is 50.2 Å². The third-order valence-electron chi connectivity index (χ3n) is 17.3. The minimum Gasteiger partial charge on any atom is -0.432 e. The zero-order valence-electron chi connectivity index (χ0n) is 33.9. The van der Waals surface area contributed by atoms with Crippen LogP contribution < -0.4 is 0 Å². The van der Waals surface area contributed by atoms with Gasteiger partial charge in [0.1, 0.15) is 48.8 Å². The molecule has 6 fully saturated rings. The summed E-state index contributed by atoms with van der Waals surface area (Å²) in [7, 11) is 0. The van der Waals surface area contributed by atoms with Crippen molar-refractivity contribution in [3.8, 4) is 0 Å². The molecule has 14 heteroatoms. The van der Waals surface area contributed by atoms with Crippen LogP contribution in [-0.2, 0) is 23.7 Å². The molecule has 0 unspecified atom stereocenters. The van der Waals surface area contributed by atoms with Crippen LogP contribution >= 0.6 is 0 Å². The fourth-order valence-corrected chi connectivity index (χ4v) is 13.4. The van der Waals surface area contributed by atoms with E-state index in [1.165, 1.54) is 5.57 Å². The summed E-state index contributed by atoms with van der Waals surface area (Å²) in [6, 6.07) is 0. The summed E-state index contributed by atoms with van der Waals surface area (Å²) in [4.78, 5) is 14.8. The second-order valence-electron chi connectivity index (χ2n) is 20.5. The van der Waals surface area contributed by atoms with E-state index in [0.29, 0.717) is 25.2 Å². The average molecular weight is 797 g/mol. The van der Waals surface area contributed by atoms with Crippen molar-refractivity contribution in [2.45, 2.75) is 173 Å². The van der Waals surface area contributed by atoms with Crippen molar-refractivity contribution < 1.29 is 69.7 Å². The molecule has 5 aliphatic carbocycles. The maximum Gasteiger partial charge on any atom is 0.315 e. The van der Waals surface area contributed by atoms with Crippen LogP contribution in [-0.4, -0.2) is 139 Å². The summed E-state index contributed by atoms with van der Waals surface area (Å²) in [5.74, 6) is -0.144. The van der Waals surface area contributed by atoms with Gasteiger partial charge in [0.05, 0.1) is 31.3 Å². The molecule has 2 saturated heterocycles. The normalized spacial score (nSPS) is 54.1. The van der Waals surface area contributed by atoms with Crippen molar-refractivity contribution in [2.75, 3.05) is 19.8 Å². The van der Waals surface area contributed by atoms with Crippen LogP contribution in [0.15, 0.2) is 11.6 Å². The molecule has 9 N–H and O–H groups in total. The molecule has 56 heavy (non-hydrogen) atoms. The highest BCUT2D eigenvalue weighted by Gasteiger charge is 2.70. The third-order valence-corrected chi connectivity index (χ3v) is 17.3. The van der Waals surface area contributed by atoms with Crippen LogP contribution in [0.4, 0.5) is 0 Å². The van der Waals surface area contributed by atoms with E-state index in [-0.39, 0.29) is 40.1 Å². The van der Waals surface area contributed by atoms with Gasteiger partial charge in [-0.2, -0.15) is 0 Å². The average Bonchev–Trinajstić information content (AvgIpc) is 3.15. The first-order valence-corrected chi connectivity index (χ1v) is 21.0. The highest BCUT2D eigenvalue weighted by Crippen LogP contribution is 2.76. The van der Waals surface area contributed by atoms with Crippen LogP contribution in [0.5, 0.6) is 0 Å². The molecule has 7 rings (SSSR count). The second kappa shape index (κ2) is 14.7. The van der Waals surface area contributed by atoms with Crippen molar-refractivity contribution >= 4 is 5.97 Å². The first-order valence-electron chi connectivity index (χ1n) is 21.0. The third kappa shape index (κ3) is 6.29. The highest BCUT2D eigenvalue weighted by atomic mass is 16.7. The minimum atomic E-state index is -1.78. The Labute approximate surface area is 330 Å². The number of allylic oxidation sites excluding steroid dienone is 2. The standard InChI is InChI=1S/C42H68O14/c1-37(2)13-15-42(36(52)56-35-33(51)31(49)29(47)24(55-35)19-53-34-32(50)30(48)28(46)23(18-43)54-34)16-14-40(5)21(22(42)17-37)7-8-26-38(3)11-10-27(45)39(4,20-44)25(38)9-12-41(26,40)6/h7,22-35,43-51H,8-20H2,1-6H3/t22-,23+,24+,25+,26+,27-,28+,29+,30-,31-,32+,33+,34+,35-,38-,39-,40-,41+,42-/m0/s1. The Morgan fingerprint density at radius 1 is 0.732 bits per heavy atom. The van der Waals surface area contributed by atoms with Gasteiger partial charge in [-0.05, 0) is 104 Å². The fourth-order valence-electron chi connectivity index (χ4n) is 13.4. The lowest BCUT2D eigenvalue weighted by Crippen LogP contribution is -2.66. The van der Waals surface area contributed by atoms with Gasteiger partial charge in [-0.15, -0.1) is 0 Å². The predicted molar refractivity (Wildman–Crippen MR) is 199 cm³/mol. The summed E-state index contributed by atoms with van der Waals surface area (Å²) in [6.45, 7) is 12.5. The number of aliphatic hydroxyl groups excluding tert-OH is 9. The summed E-state index contributed by atoms with van der Waals surface area (Å²) in [6.07, 6.45) is -6.38. The van der Waals surface area contributed by atoms with Gasteiger partial charge in [0, 0.05) is 5.41 Å². The molecule has 19 atom stereocenters. The number of rotatable bonds is 7. The number of ether oxygens (including phenoxy) is 4. The Kier molecular flexibility index (Phi) is 11.3. The summed E-state index contributed by atoms with van der Waals surface area (Å²) in [5, 5.41) is 94.8. The van der Waals surface area contributed by atoms with Gasteiger partial charge < -0.3 is 64.9 Å². The van der Waals surface area contributed by atoms with Crippen LogP contribution in [0.1, 0.15) is 106 Å². The van der Waals surface area contributed by atoms with Gasteiger partial charge in [-0.1, -0.05) is 53.2 Å². The zero-order chi connectivity index (χ0) is 41.0. The molecular weight excluding hydrogens is 728 g/mol. The van der Waals surface area contributed by atoms with Crippen molar-refractivity contribution in [1.29, 1.82) is 0 Å². The van der Waals surface area contributed by atoms with Crippen LogP contribution in [0, 0.1) is 50.2 Å². The minimum absolute atomic E-state index is 0.0422.